The highest BCUT2D eigenvalue weighted by atomic mass is 16.3. The quantitative estimate of drug-likeness (QED) is 0.158. The molecule has 0 aliphatic carbocycles. The molecule has 0 saturated heterocycles. The van der Waals surface area contributed by atoms with E-state index < -0.39 is 0 Å². The summed E-state index contributed by atoms with van der Waals surface area (Å²) in [6, 6.07) is 78.7. The van der Waals surface area contributed by atoms with Gasteiger partial charge in [-0.05, 0) is 111 Å². The first-order valence-corrected chi connectivity index (χ1v) is 20.2. The number of benzene rings is 10. The molecule has 0 N–H and O–H groups in total. The van der Waals surface area contributed by atoms with E-state index in [2.05, 4.69) is 222 Å². The highest BCUT2D eigenvalue weighted by Crippen LogP contribution is 2.45. The van der Waals surface area contributed by atoms with Crippen LogP contribution in [0.2, 0.25) is 0 Å². The van der Waals surface area contributed by atoms with E-state index in [1.807, 2.05) is 6.07 Å². The van der Waals surface area contributed by atoms with Crippen molar-refractivity contribution in [3.05, 3.63) is 218 Å². The van der Waals surface area contributed by atoms with Crippen LogP contribution in [0.5, 0.6) is 0 Å². The topological polar surface area (TPSA) is 21.3 Å². The van der Waals surface area contributed by atoms with Crippen LogP contribution in [0.3, 0.4) is 0 Å². The Hall–Kier alpha value is -7.88. The monoisotopic (exact) mass is 752 g/mol. The number of hydrogen-bond acceptors (Lipinski definition) is 2. The number of hydrogen-bond donors (Lipinski definition) is 0. The SMILES string of the molecule is c1ccc(N(c2cccc(-c3cc4ccccc4c4ccccc34)c2)c2cc(-c3cccc(-n4c5ccccc5c5ccccc54)c3)c3oc4ccccc4c3c2)cc1. The summed E-state index contributed by atoms with van der Waals surface area (Å²) in [7, 11) is 0. The highest BCUT2D eigenvalue weighted by Gasteiger charge is 2.21. The predicted octanol–water partition coefficient (Wildman–Crippen LogP) is 15.8. The molecule has 276 valence electrons. The lowest BCUT2D eigenvalue weighted by molar-refractivity contribution is 0.670. The molecule has 2 heterocycles. The fourth-order valence-corrected chi connectivity index (χ4v) is 9.30. The van der Waals surface area contributed by atoms with Crippen LogP contribution in [-0.4, -0.2) is 4.57 Å². The van der Waals surface area contributed by atoms with E-state index in [1.165, 1.54) is 54.5 Å². The van der Waals surface area contributed by atoms with Crippen LogP contribution in [0.4, 0.5) is 17.1 Å². The molecule has 0 fully saturated rings. The second-order valence-corrected chi connectivity index (χ2v) is 15.3. The normalized spacial score (nSPS) is 11.7. The number of rotatable bonds is 6. The van der Waals surface area contributed by atoms with Crippen molar-refractivity contribution in [1.82, 2.24) is 4.57 Å². The van der Waals surface area contributed by atoms with Gasteiger partial charge in [-0.1, -0.05) is 146 Å². The number of para-hydroxylation sites is 4. The summed E-state index contributed by atoms with van der Waals surface area (Å²) in [5.41, 5.74) is 12.9. The lowest BCUT2D eigenvalue weighted by atomic mass is 9.93. The van der Waals surface area contributed by atoms with E-state index in [1.54, 1.807) is 0 Å². The Kier molecular flexibility index (Phi) is 7.54. The van der Waals surface area contributed by atoms with Gasteiger partial charge in [-0.15, -0.1) is 0 Å². The Morgan fingerprint density at radius 1 is 0.339 bits per heavy atom. The Labute approximate surface area is 341 Å². The minimum Gasteiger partial charge on any atom is -0.455 e. The third-order valence-corrected chi connectivity index (χ3v) is 11.9. The first-order valence-electron chi connectivity index (χ1n) is 20.2. The highest BCUT2D eigenvalue weighted by molar-refractivity contribution is 6.15. The van der Waals surface area contributed by atoms with E-state index in [0.29, 0.717) is 0 Å². The third kappa shape index (κ3) is 5.36. The summed E-state index contributed by atoms with van der Waals surface area (Å²) in [6.07, 6.45) is 0. The fraction of sp³-hybridized carbons (Fsp3) is 0. The number of aromatic nitrogens is 1. The van der Waals surface area contributed by atoms with E-state index in [4.69, 9.17) is 4.42 Å². The summed E-state index contributed by atoms with van der Waals surface area (Å²) in [5.74, 6) is 0. The number of anilines is 3. The molecular weight excluding hydrogens is 717 g/mol. The van der Waals surface area contributed by atoms with Gasteiger partial charge in [0.05, 0.1) is 11.0 Å². The first kappa shape index (κ1) is 33.3. The predicted molar refractivity (Wildman–Crippen MR) is 249 cm³/mol. The van der Waals surface area contributed by atoms with Gasteiger partial charge in [0, 0.05) is 49.9 Å². The van der Waals surface area contributed by atoms with Gasteiger partial charge in [-0.2, -0.15) is 0 Å². The fourth-order valence-electron chi connectivity index (χ4n) is 9.30. The van der Waals surface area contributed by atoms with Crippen LogP contribution >= 0.6 is 0 Å². The Balaban J connectivity index is 1.09. The molecule has 0 saturated carbocycles. The van der Waals surface area contributed by atoms with Gasteiger partial charge in [-0.25, -0.2) is 0 Å². The maximum Gasteiger partial charge on any atom is 0.143 e. The van der Waals surface area contributed by atoms with Crippen molar-refractivity contribution in [2.24, 2.45) is 0 Å². The van der Waals surface area contributed by atoms with Crippen molar-refractivity contribution in [1.29, 1.82) is 0 Å². The molecule has 0 aliphatic rings. The van der Waals surface area contributed by atoms with Crippen molar-refractivity contribution >= 4 is 82.4 Å². The van der Waals surface area contributed by atoms with E-state index in [0.717, 1.165) is 55.8 Å². The largest absolute Gasteiger partial charge is 0.455 e. The van der Waals surface area contributed by atoms with Crippen LogP contribution in [0, 0.1) is 0 Å². The molecule has 0 atom stereocenters. The molecule has 0 bridgehead atoms. The summed E-state index contributed by atoms with van der Waals surface area (Å²) in [6.45, 7) is 0. The van der Waals surface area contributed by atoms with Gasteiger partial charge in [0.25, 0.3) is 0 Å². The van der Waals surface area contributed by atoms with Crippen molar-refractivity contribution < 1.29 is 4.42 Å². The zero-order chi connectivity index (χ0) is 38.9. The number of fused-ring (bicyclic) bond motifs is 9. The molecule has 0 aliphatic heterocycles. The van der Waals surface area contributed by atoms with Gasteiger partial charge in [0.2, 0.25) is 0 Å². The molecule has 12 rings (SSSR count). The van der Waals surface area contributed by atoms with Crippen LogP contribution in [0.25, 0.3) is 93.2 Å². The zero-order valence-corrected chi connectivity index (χ0v) is 32.1. The minimum atomic E-state index is 0.871. The second-order valence-electron chi connectivity index (χ2n) is 15.3. The van der Waals surface area contributed by atoms with Gasteiger partial charge in [-0.3, -0.25) is 0 Å². The summed E-state index contributed by atoms with van der Waals surface area (Å²) < 4.78 is 9.16. The average Bonchev–Trinajstić information content (AvgIpc) is 3.85. The molecule has 3 nitrogen and oxygen atoms in total. The maximum absolute atomic E-state index is 6.78. The van der Waals surface area contributed by atoms with Gasteiger partial charge in [0.15, 0.2) is 0 Å². The van der Waals surface area contributed by atoms with Crippen molar-refractivity contribution in [2.75, 3.05) is 4.90 Å². The summed E-state index contributed by atoms with van der Waals surface area (Å²) >= 11 is 0. The smallest absolute Gasteiger partial charge is 0.143 e. The lowest BCUT2D eigenvalue weighted by Crippen LogP contribution is -2.10. The Bertz CT molecular complexity index is 3520. The molecule has 12 aromatic rings. The molecule has 10 aromatic carbocycles. The van der Waals surface area contributed by atoms with E-state index in [9.17, 15) is 0 Å². The first-order chi connectivity index (χ1) is 29.3. The number of nitrogens with zero attached hydrogens (tertiary/aromatic N) is 2. The molecule has 2 aromatic heterocycles. The van der Waals surface area contributed by atoms with E-state index in [-0.39, 0.29) is 0 Å². The summed E-state index contributed by atoms with van der Waals surface area (Å²) in [4.78, 5) is 2.38. The van der Waals surface area contributed by atoms with Crippen LogP contribution < -0.4 is 4.90 Å². The van der Waals surface area contributed by atoms with Crippen molar-refractivity contribution in [3.63, 3.8) is 0 Å². The van der Waals surface area contributed by atoms with Crippen molar-refractivity contribution in [2.45, 2.75) is 0 Å². The average molecular weight is 753 g/mol. The van der Waals surface area contributed by atoms with Crippen LogP contribution in [0.15, 0.2) is 223 Å². The van der Waals surface area contributed by atoms with Gasteiger partial charge < -0.3 is 13.9 Å². The van der Waals surface area contributed by atoms with Gasteiger partial charge >= 0.3 is 0 Å². The van der Waals surface area contributed by atoms with Gasteiger partial charge in [0.1, 0.15) is 11.2 Å². The molecule has 0 spiro atoms. The van der Waals surface area contributed by atoms with E-state index >= 15 is 0 Å². The van der Waals surface area contributed by atoms with Crippen LogP contribution in [0.1, 0.15) is 0 Å². The lowest BCUT2D eigenvalue weighted by Gasteiger charge is -2.27. The summed E-state index contributed by atoms with van der Waals surface area (Å²) in [5, 5.41) is 9.66. The molecule has 0 radical (unpaired) electrons. The molecule has 0 amide bonds. The molecule has 0 unspecified atom stereocenters. The Morgan fingerprint density at radius 2 is 0.932 bits per heavy atom. The second kappa shape index (κ2) is 13.4. The molecule has 59 heavy (non-hydrogen) atoms. The maximum atomic E-state index is 6.78. The minimum absolute atomic E-state index is 0.871. The third-order valence-electron chi connectivity index (χ3n) is 11.9. The van der Waals surface area contributed by atoms with Crippen molar-refractivity contribution in [3.8, 4) is 27.9 Å². The van der Waals surface area contributed by atoms with Crippen LogP contribution in [-0.2, 0) is 0 Å². The molecular formula is C56H36N2O. The Morgan fingerprint density at radius 3 is 1.71 bits per heavy atom. The number of furan rings is 1. The molecule has 3 heteroatoms. The standard InChI is InChI=1S/C56H36N2O/c1-2-19-40(20-3-1)57(41-21-14-17-37(32-41)50-34-39-16-4-5-23-44(39)45-24-6-7-25-46(45)50)43-35-51(56-52(36-43)49-28-10-13-31-55(49)59-56)38-18-15-22-42(33-38)58-53-29-11-8-26-47(53)48-27-9-12-30-54(48)58/h1-36H. The zero-order valence-electron chi connectivity index (χ0n) is 32.1.